The summed E-state index contributed by atoms with van der Waals surface area (Å²) < 4.78 is 13.8. The molecular weight excluding hydrogens is 353 g/mol. The number of halogens is 1. The first-order chi connectivity index (χ1) is 12.7. The highest BCUT2D eigenvalue weighted by Crippen LogP contribution is 2.08. The average molecular weight is 371 g/mol. The molecule has 0 aliphatic carbocycles. The quantitative estimate of drug-likeness (QED) is 0.842. The second-order valence-corrected chi connectivity index (χ2v) is 5.96. The number of hydrogen-bond acceptors (Lipinski definition) is 5. The number of hydrogen-bond donors (Lipinski definition) is 1. The Bertz CT molecular complexity index is 976. The molecule has 0 spiro atoms. The first-order valence-electron chi connectivity index (χ1n) is 8.00. The van der Waals surface area contributed by atoms with E-state index >= 15 is 0 Å². The van der Waals surface area contributed by atoms with Crippen LogP contribution in [0.15, 0.2) is 29.1 Å². The van der Waals surface area contributed by atoms with Crippen LogP contribution in [0.3, 0.4) is 0 Å². The maximum absolute atomic E-state index is 12.9. The number of carbonyl (C=O) groups is 2. The van der Waals surface area contributed by atoms with Crippen LogP contribution in [0.2, 0.25) is 0 Å². The number of nitriles is 1. The van der Waals surface area contributed by atoms with E-state index in [1.54, 1.807) is 13.8 Å². The van der Waals surface area contributed by atoms with Crippen molar-refractivity contribution in [3.8, 4) is 6.07 Å². The Morgan fingerprint density at radius 3 is 2.52 bits per heavy atom. The van der Waals surface area contributed by atoms with Crippen LogP contribution in [0.25, 0.3) is 0 Å². The van der Waals surface area contributed by atoms with Crippen molar-refractivity contribution in [2.75, 3.05) is 18.9 Å². The van der Waals surface area contributed by atoms with Crippen molar-refractivity contribution in [3.63, 3.8) is 0 Å². The van der Waals surface area contributed by atoms with Gasteiger partial charge in [0.25, 0.3) is 5.56 Å². The van der Waals surface area contributed by atoms with Crippen LogP contribution in [0.5, 0.6) is 0 Å². The molecule has 0 aliphatic heterocycles. The molecule has 2 rings (SSSR count). The minimum absolute atomic E-state index is 0.0630. The molecule has 0 saturated heterocycles. The zero-order valence-corrected chi connectivity index (χ0v) is 15.1. The third kappa shape index (κ3) is 4.76. The van der Waals surface area contributed by atoms with Crippen molar-refractivity contribution >= 4 is 17.5 Å². The number of rotatable bonds is 5. The summed E-state index contributed by atoms with van der Waals surface area (Å²) in [5.41, 5.74) is 0.618. The number of anilines is 1. The van der Waals surface area contributed by atoms with Crippen molar-refractivity contribution in [2.24, 2.45) is 0 Å². The molecule has 0 fully saturated rings. The van der Waals surface area contributed by atoms with Crippen molar-refractivity contribution in [1.29, 1.82) is 5.26 Å². The summed E-state index contributed by atoms with van der Waals surface area (Å²) in [6.45, 7) is 2.59. The minimum Gasteiger partial charge on any atom is -0.335 e. The van der Waals surface area contributed by atoms with E-state index in [9.17, 15) is 18.8 Å². The van der Waals surface area contributed by atoms with Crippen molar-refractivity contribution in [3.05, 3.63) is 57.3 Å². The Balaban J connectivity index is 2.05. The van der Waals surface area contributed by atoms with Crippen LogP contribution in [0.1, 0.15) is 16.8 Å². The smallest absolute Gasteiger partial charge is 0.285 e. The molecule has 0 unspecified atom stereocenters. The van der Waals surface area contributed by atoms with Gasteiger partial charge in [0.15, 0.2) is 0 Å². The van der Waals surface area contributed by atoms with E-state index in [2.05, 4.69) is 10.4 Å². The van der Waals surface area contributed by atoms with Gasteiger partial charge in [-0.3, -0.25) is 14.4 Å². The largest absolute Gasteiger partial charge is 0.335 e. The molecule has 0 aliphatic rings. The molecule has 1 aromatic heterocycles. The Labute approximate surface area is 154 Å². The molecule has 0 radical (unpaired) electrons. The Kier molecular flexibility index (Phi) is 6.03. The van der Waals surface area contributed by atoms with Gasteiger partial charge in [-0.05, 0) is 43.7 Å². The zero-order chi connectivity index (χ0) is 20.1. The van der Waals surface area contributed by atoms with E-state index in [1.807, 2.05) is 6.07 Å². The fraction of sp³-hybridized carbons (Fsp3) is 0.278. The van der Waals surface area contributed by atoms with Crippen molar-refractivity contribution < 1.29 is 14.0 Å². The molecular formula is C18H18FN5O3. The number of aryl methyl sites for hydroxylation is 1. The lowest BCUT2D eigenvalue weighted by Crippen LogP contribution is -2.40. The summed E-state index contributed by atoms with van der Waals surface area (Å²) in [6.07, 6.45) is 0. The van der Waals surface area contributed by atoms with Gasteiger partial charge in [0, 0.05) is 12.7 Å². The van der Waals surface area contributed by atoms with Crippen LogP contribution in [-0.2, 0) is 16.1 Å². The molecule has 27 heavy (non-hydrogen) atoms. The first kappa shape index (κ1) is 19.8. The van der Waals surface area contributed by atoms with E-state index < -0.39 is 29.7 Å². The fourth-order valence-electron chi connectivity index (χ4n) is 2.30. The summed E-state index contributed by atoms with van der Waals surface area (Å²) >= 11 is 0. The lowest BCUT2D eigenvalue weighted by Gasteiger charge is -2.17. The fourth-order valence-corrected chi connectivity index (χ4v) is 2.30. The molecule has 2 amide bonds. The Hall–Kier alpha value is -3.54. The molecule has 0 saturated carbocycles. The van der Waals surface area contributed by atoms with Gasteiger partial charge in [-0.2, -0.15) is 10.4 Å². The molecule has 140 valence electrons. The number of likely N-dealkylation sites (N-methyl/N-ethyl adjacent to an activating group) is 1. The number of aromatic nitrogens is 2. The van der Waals surface area contributed by atoms with E-state index in [0.29, 0.717) is 16.9 Å². The molecule has 2 aromatic rings. The van der Waals surface area contributed by atoms with E-state index in [1.165, 1.54) is 31.3 Å². The van der Waals surface area contributed by atoms with E-state index in [0.717, 1.165) is 9.58 Å². The van der Waals surface area contributed by atoms with Gasteiger partial charge in [0.2, 0.25) is 11.8 Å². The number of amides is 2. The maximum Gasteiger partial charge on any atom is 0.285 e. The summed E-state index contributed by atoms with van der Waals surface area (Å²) in [5, 5.41) is 15.7. The molecule has 9 heteroatoms. The highest BCUT2D eigenvalue weighted by molar-refractivity contribution is 5.94. The SMILES string of the molecule is Cc1nn(CC(=O)N(C)CC(=O)Nc2ccc(F)cc2)c(=O)c(C#N)c1C. The Morgan fingerprint density at radius 2 is 1.93 bits per heavy atom. The lowest BCUT2D eigenvalue weighted by molar-refractivity contribution is -0.134. The molecule has 1 N–H and O–H groups in total. The van der Waals surface area contributed by atoms with Crippen molar-refractivity contribution in [1.82, 2.24) is 14.7 Å². The standard InChI is InChI=1S/C18H18FN5O3/c1-11-12(2)22-24(18(27)15(11)8-20)10-17(26)23(3)9-16(25)21-14-6-4-13(19)5-7-14/h4-7H,9-10H2,1-3H3,(H,21,25). The highest BCUT2D eigenvalue weighted by atomic mass is 19.1. The molecule has 0 bridgehead atoms. The predicted octanol–water partition coefficient (Wildman–Crippen LogP) is 0.968. The van der Waals surface area contributed by atoms with Gasteiger partial charge in [-0.1, -0.05) is 0 Å². The van der Waals surface area contributed by atoms with Gasteiger partial charge in [-0.15, -0.1) is 0 Å². The van der Waals surface area contributed by atoms with Crippen LogP contribution in [0, 0.1) is 31.0 Å². The number of nitrogens with one attached hydrogen (secondary N) is 1. The molecule has 1 aromatic carbocycles. The topological polar surface area (TPSA) is 108 Å². The molecule has 0 atom stereocenters. The van der Waals surface area contributed by atoms with E-state index in [4.69, 9.17) is 5.26 Å². The summed E-state index contributed by atoms with van der Waals surface area (Å²) in [5.74, 6) is -1.43. The monoisotopic (exact) mass is 371 g/mol. The number of nitrogens with zero attached hydrogens (tertiary/aromatic N) is 4. The van der Waals surface area contributed by atoms with Gasteiger partial charge in [0.1, 0.15) is 24.0 Å². The van der Waals surface area contributed by atoms with E-state index in [-0.39, 0.29) is 12.1 Å². The van der Waals surface area contributed by atoms with Crippen LogP contribution >= 0.6 is 0 Å². The van der Waals surface area contributed by atoms with Gasteiger partial charge in [0.05, 0.1) is 12.2 Å². The average Bonchev–Trinajstić information content (AvgIpc) is 2.62. The molecule has 1 heterocycles. The normalized spacial score (nSPS) is 10.2. The maximum atomic E-state index is 12.9. The number of carbonyl (C=O) groups excluding carboxylic acids is 2. The second-order valence-electron chi connectivity index (χ2n) is 5.96. The summed E-state index contributed by atoms with van der Waals surface area (Å²) in [7, 11) is 1.41. The Morgan fingerprint density at radius 1 is 1.30 bits per heavy atom. The van der Waals surface area contributed by atoms with Gasteiger partial charge in [-0.25, -0.2) is 9.07 Å². The predicted molar refractivity (Wildman–Crippen MR) is 95.4 cm³/mol. The zero-order valence-electron chi connectivity index (χ0n) is 15.1. The highest BCUT2D eigenvalue weighted by Gasteiger charge is 2.17. The van der Waals surface area contributed by atoms with Crippen LogP contribution in [-0.4, -0.2) is 40.1 Å². The van der Waals surface area contributed by atoms with Crippen molar-refractivity contribution in [2.45, 2.75) is 20.4 Å². The lowest BCUT2D eigenvalue weighted by atomic mass is 10.1. The van der Waals surface area contributed by atoms with Gasteiger partial charge < -0.3 is 10.2 Å². The van der Waals surface area contributed by atoms with Gasteiger partial charge >= 0.3 is 0 Å². The summed E-state index contributed by atoms with van der Waals surface area (Å²) in [4.78, 5) is 37.7. The number of benzene rings is 1. The first-order valence-corrected chi connectivity index (χ1v) is 8.00. The third-order valence-corrected chi connectivity index (χ3v) is 3.97. The minimum atomic E-state index is -0.655. The second kappa shape index (κ2) is 8.23. The van der Waals surface area contributed by atoms with Crippen LogP contribution in [0.4, 0.5) is 10.1 Å². The third-order valence-electron chi connectivity index (χ3n) is 3.97. The summed E-state index contributed by atoms with van der Waals surface area (Å²) in [6, 6.07) is 7.03. The van der Waals surface area contributed by atoms with Crippen LogP contribution < -0.4 is 10.9 Å². The molecule has 8 nitrogen and oxygen atoms in total.